The first-order valence-corrected chi connectivity index (χ1v) is 6.61. The number of hydrogen-bond donors (Lipinski definition) is 2. The van der Waals surface area contributed by atoms with Crippen molar-refractivity contribution in [1.82, 2.24) is 4.90 Å². The highest BCUT2D eigenvalue weighted by molar-refractivity contribution is 9.10. The largest absolute Gasteiger partial charge is 0.381 e. The zero-order valence-electron chi connectivity index (χ0n) is 9.83. The van der Waals surface area contributed by atoms with Crippen LogP contribution >= 0.6 is 15.9 Å². The molecule has 6 heteroatoms. The number of piperidine rings is 1. The topological polar surface area (TPSA) is 58.4 Å². The molecule has 0 unspecified atom stereocenters. The minimum absolute atomic E-state index is 0.268. The van der Waals surface area contributed by atoms with Gasteiger partial charge in [-0.2, -0.15) is 0 Å². The van der Waals surface area contributed by atoms with Gasteiger partial charge in [0.15, 0.2) is 0 Å². The van der Waals surface area contributed by atoms with Crippen LogP contribution in [0.4, 0.5) is 14.9 Å². The monoisotopic (exact) mass is 315 g/mol. The van der Waals surface area contributed by atoms with E-state index in [4.69, 9.17) is 5.73 Å². The Morgan fingerprint density at radius 1 is 1.44 bits per heavy atom. The van der Waals surface area contributed by atoms with Gasteiger partial charge in [-0.25, -0.2) is 9.18 Å². The number of hydrogen-bond acceptors (Lipinski definition) is 2. The van der Waals surface area contributed by atoms with Gasteiger partial charge in [-0.15, -0.1) is 0 Å². The van der Waals surface area contributed by atoms with Crippen molar-refractivity contribution in [2.45, 2.75) is 18.9 Å². The average molecular weight is 316 g/mol. The molecular weight excluding hydrogens is 301 g/mol. The molecule has 2 rings (SSSR count). The van der Waals surface area contributed by atoms with Crippen molar-refractivity contribution in [2.24, 2.45) is 5.73 Å². The van der Waals surface area contributed by atoms with Crippen LogP contribution < -0.4 is 11.1 Å². The molecule has 1 saturated heterocycles. The third kappa shape index (κ3) is 3.13. The van der Waals surface area contributed by atoms with Crippen molar-refractivity contribution in [3.63, 3.8) is 0 Å². The van der Waals surface area contributed by atoms with Gasteiger partial charge in [0.05, 0.1) is 0 Å². The number of carbonyl (C=O) groups excluding carboxylic acids is 1. The summed E-state index contributed by atoms with van der Waals surface area (Å²) in [5.41, 5.74) is 6.09. The minimum atomic E-state index is -0.364. The smallest absolute Gasteiger partial charge is 0.314 e. The fraction of sp³-hybridized carbons (Fsp3) is 0.417. The van der Waals surface area contributed by atoms with Crippen molar-refractivity contribution in [3.05, 3.63) is 28.5 Å². The molecule has 1 aliphatic heterocycles. The molecule has 3 N–H and O–H groups in total. The van der Waals surface area contributed by atoms with E-state index in [0.29, 0.717) is 17.6 Å². The van der Waals surface area contributed by atoms with Crippen molar-refractivity contribution in [1.29, 1.82) is 0 Å². The third-order valence-electron chi connectivity index (χ3n) is 3.10. The Morgan fingerprint density at radius 2 is 2.11 bits per heavy atom. The average Bonchev–Trinajstić information content (AvgIpc) is 2.33. The number of anilines is 1. The second kappa shape index (κ2) is 5.56. The lowest BCUT2D eigenvalue weighted by Crippen LogP contribution is -2.44. The second-order valence-corrected chi connectivity index (χ2v) is 5.22. The van der Waals surface area contributed by atoms with E-state index < -0.39 is 0 Å². The van der Waals surface area contributed by atoms with E-state index in [1.165, 1.54) is 12.1 Å². The number of amides is 2. The third-order valence-corrected chi connectivity index (χ3v) is 3.75. The van der Waals surface area contributed by atoms with Gasteiger partial charge in [-0.3, -0.25) is 0 Å². The summed E-state index contributed by atoms with van der Waals surface area (Å²) in [5.74, 6) is -0.268. The van der Waals surface area contributed by atoms with Crippen molar-refractivity contribution >= 4 is 27.6 Å². The first-order chi connectivity index (χ1) is 8.56. The summed E-state index contributed by atoms with van der Waals surface area (Å²) in [6.45, 7) is 1.32. The van der Waals surface area contributed by atoms with E-state index >= 15 is 0 Å². The molecule has 0 aromatic heterocycles. The molecule has 1 heterocycles. The lowest BCUT2D eigenvalue weighted by molar-refractivity contribution is 0.193. The van der Waals surface area contributed by atoms with Crippen LogP contribution in [0.3, 0.4) is 0 Å². The number of urea groups is 1. The Labute approximate surface area is 113 Å². The van der Waals surface area contributed by atoms with E-state index in [2.05, 4.69) is 21.2 Å². The maximum Gasteiger partial charge on any atom is 0.314 e. The van der Waals surface area contributed by atoms with Gasteiger partial charge in [0, 0.05) is 29.3 Å². The number of benzene rings is 1. The maximum atomic E-state index is 13.0. The molecule has 0 atom stereocenters. The summed E-state index contributed by atoms with van der Waals surface area (Å²) in [7, 11) is 0. The number of nitrogens with two attached hydrogens (primary N) is 1. The molecule has 0 spiro atoms. The van der Waals surface area contributed by atoms with Gasteiger partial charge in [0.2, 0.25) is 0 Å². The molecule has 1 aliphatic rings. The van der Waals surface area contributed by atoms with E-state index in [1.54, 1.807) is 11.0 Å². The van der Waals surface area contributed by atoms with Gasteiger partial charge in [0.1, 0.15) is 5.82 Å². The van der Waals surface area contributed by atoms with E-state index in [1.807, 2.05) is 0 Å². The van der Waals surface area contributed by atoms with Gasteiger partial charge in [-0.1, -0.05) is 0 Å². The Kier molecular flexibility index (Phi) is 4.06. The fourth-order valence-electron chi connectivity index (χ4n) is 2.07. The number of likely N-dealkylation sites (tertiary alicyclic amines) is 1. The van der Waals surface area contributed by atoms with Crippen LogP contribution in [0.15, 0.2) is 22.7 Å². The predicted octanol–water partition coefficient (Wildman–Crippen LogP) is 2.54. The van der Waals surface area contributed by atoms with E-state index in [0.717, 1.165) is 18.5 Å². The molecule has 18 heavy (non-hydrogen) atoms. The van der Waals surface area contributed by atoms with Crippen LogP contribution in [0.5, 0.6) is 0 Å². The number of nitrogens with one attached hydrogen (secondary N) is 1. The highest BCUT2D eigenvalue weighted by atomic mass is 79.9. The lowest BCUT2D eigenvalue weighted by atomic mass is 10.0. The van der Waals surface area contributed by atoms with Crippen LogP contribution in [-0.4, -0.2) is 30.1 Å². The predicted molar refractivity (Wildman–Crippen MR) is 71.9 cm³/mol. The van der Waals surface area contributed by atoms with E-state index in [9.17, 15) is 9.18 Å². The molecule has 1 fully saturated rings. The molecule has 1 aromatic rings. The number of halogens is 2. The molecule has 0 bridgehead atoms. The van der Waals surface area contributed by atoms with Crippen molar-refractivity contribution < 1.29 is 9.18 Å². The number of rotatable bonds is 2. The quantitative estimate of drug-likeness (QED) is 0.881. The molecule has 2 amide bonds. The lowest BCUT2D eigenvalue weighted by Gasteiger charge is -2.31. The Bertz CT molecular complexity index is 447. The van der Waals surface area contributed by atoms with Gasteiger partial charge in [-0.05, 0) is 47.0 Å². The normalized spacial score (nSPS) is 16.7. The molecule has 4 nitrogen and oxygen atoms in total. The first kappa shape index (κ1) is 13.1. The molecule has 0 radical (unpaired) electrons. The summed E-state index contributed by atoms with van der Waals surface area (Å²) in [4.78, 5) is 12.6. The molecule has 0 saturated carbocycles. The molecule has 98 valence electrons. The van der Waals surface area contributed by atoms with Crippen LogP contribution in [0, 0.1) is 5.82 Å². The van der Waals surface area contributed by atoms with Crippen LogP contribution in [-0.2, 0) is 0 Å². The Morgan fingerprint density at radius 3 is 2.67 bits per heavy atom. The summed E-state index contributed by atoms with van der Waals surface area (Å²) < 4.78 is 13.7. The van der Waals surface area contributed by atoms with Gasteiger partial charge < -0.3 is 16.0 Å². The highest BCUT2D eigenvalue weighted by Gasteiger charge is 2.21. The molecular formula is C12H15BrFN3O. The summed E-state index contributed by atoms with van der Waals surface area (Å²) in [6, 6.07) is 4.48. The SMILES string of the molecule is NC(=O)N1CCC(Nc2ccc(F)cc2Br)CC1. The maximum absolute atomic E-state index is 13.0. The standard InChI is InChI=1S/C12H15BrFN3O/c13-10-7-8(14)1-2-11(10)16-9-3-5-17(6-4-9)12(15)18/h1-2,7,9,16H,3-6H2,(H2,15,18). The van der Waals surface area contributed by atoms with Crippen molar-refractivity contribution in [2.75, 3.05) is 18.4 Å². The second-order valence-electron chi connectivity index (χ2n) is 4.37. The fourth-order valence-corrected chi connectivity index (χ4v) is 2.54. The number of carbonyl (C=O) groups is 1. The molecule has 0 aliphatic carbocycles. The van der Waals surface area contributed by atoms with Crippen LogP contribution in [0.2, 0.25) is 0 Å². The number of primary amides is 1. The van der Waals surface area contributed by atoms with Crippen molar-refractivity contribution in [3.8, 4) is 0 Å². The summed E-state index contributed by atoms with van der Waals surface area (Å²) in [5, 5.41) is 3.34. The van der Waals surface area contributed by atoms with Gasteiger partial charge >= 0.3 is 6.03 Å². The minimum Gasteiger partial charge on any atom is -0.381 e. The van der Waals surface area contributed by atoms with Crippen LogP contribution in [0.25, 0.3) is 0 Å². The zero-order chi connectivity index (χ0) is 13.1. The summed E-state index contributed by atoms with van der Waals surface area (Å²) >= 11 is 3.32. The Balaban J connectivity index is 1.93. The number of nitrogens with zero attached hydrogens (tertiary/aromatic N) is 1. The van der Waals surface area contributed by atoms with Crippen LogP contribution in [0.1, 0.15) is 12.8 Å². The van der Waals surface area contributed by atoms with E-state index in [-0.39, 0.29) is 17.9 Å². The van der Waals surface area contributed by atoms with Gasteiger partial charge in [0.25, 0.3) is 0 Å². The molecule has 1 aromatic carbocycles. The highest BCUT2D eigenvalue weighted by Crippen LogP contribution is 2.25. The zero-order valence-corrected chi connectivity index (χ0v) is 11.4. The first-order valence-electron chi connectivity index (χ1n) is 5.82. The summed E-state index contributed by atoms with van der Waals surface area (Å²) in [6.07, 6.45) is 1.68. The Hall–Kier alpha value is -1.30.